The molecule has 0 bridgehead atoms. The Bertz CT molecular complexity index is 210. The maximum Gasteiger partial charge on any atom is 0.220 e. The number of hydrogen-bond acceptors (Lipinski definition) is 3. The lowest BCUT2D eigenvalue weighted by molar-refractivity contribution is -0.122. The van der Waals surface area contributed by atoms with Gasteiger partial charge in [-0.15, -0.1) is 0 Å². The van der Waals surface area contributed by atoms with Crippen LogP contribution in [0.25, 0.3) is 0 Å². The van der Waals surface area contributed by atoms with E-state index in [0.29, 0.717) is 38.5 Å². The van der Waals surface area contributed by atoms with Crippen molar-refractivity contribution in [2.24, 2.45) is 5.92 Å². The third-order valence-corrected chi connectivity index (χ3v) is 2.65. The van der Waals surface area contributed by atoms with Crippen molar-refractivity contribution in [2.75, 3.05) is 19.8 Å². The highest BCUT2D eigenvalue weighted by Crippen LogP contribution is 2.16. The Morgan fingerprint density at radius 2 is 2.33 bits per heavy atom. The van der Waals surface area contributed by atoms with Crippen LogP contribution in [0, 0.1) is 5.92 Å². The molecule has 4 nitrogen and oxygen atoms in total. The minimum atomic E-state index is -0.840. The van der Waals surface area contributed by atoms with Crippen LogP contribution in [0.1, 0.15) is 33.1 Å². The third-order valence-electron chi connectivity index (χ3n) is 2.65. The number of aliphatic hydroxyl groups is 1. The van der Waals surface area contributed by atoms with Gasteiger partial charge in [0.05, 0.1) is 6.61 Å². The van der Waals surface area contributed by atoms with E-state index in [1.807, 2.05) is 0 Å². The van der Waals surface area contributed by atoms with Crippen LogP contribution in [0.5, 0.6) is 0 Å². The normalized spacial score (nSPS) is 25.9. The van der Waals surface area contributed by atoms with Gasteiger partial charge in [-0.05, 0) is 12.3 Å². The highest BCUT2D eigenvalue weighted by molar-refractivity contribution is 5.75. The zero-order chi connectivity index (χ0) is 11.3. The molecule has 0 aromatic carbocycles. The number of amides is 1. The molecule has 1 heterocycles. The first-order valence-corrected chi connectivity index (χ1v) is 5.59. The molecule has 0 saturated carbocycles. The number of ether oxygens (including phenoxy) is 1. The zero-order valence-electron chi connectivity index (χ0n) is 9.58. The molecule has 1 saturated heterocycles. The monoisotopic (exact) mass is 215 g/mol. The Kier molecular flexibility index (Phi) is 4.54. The van der Waals surface area contributed by atoms with E-state index in [9.17, 15) is 9.90 Å². The molecule has 15 heavy (non-hydrogen) atoms. The van der Waals surface area contributed by atoms with Crippen LogP contribution in [-0.4, -0.2) is 36.4 Å². The fraction of sp³-hybridized carbons (Fsp3) is 0.909. The molecule has 0 aliphatic carbocycles. The predicted molar refractivity (Wildman–Crippen MR) is 57.5 cm³/mol. The van der Waals surface area contributed by atoms with E-state index in [1.54, 1.807) is 0 Å². The van der Waals surface area contributed by atoms with Crippen molar-refractivity contribution in [3.8, 4) is 0 Å². The van der Waals surface area contributed by atoms with Gasteiger partial charge in [-0.3, -0.25) is 4.79 Å². The molecule has 4 heteroatoms. The molecule has 0 aromatic rings. The molecule has 1 amide bonds. The summed E-state index contributed by atoms with van der Waals surface area (Å²) < 4.78 is 5.09. The quantitative estimate of drug-likeness (QED) is 0.709. The molecule has 88 valence electrons. The van der Waals surface area contributed by atoms with Gasteiger partial charge >= 0.3 is 0 Å². The van der Waals surface area contributed by atoms with E-state index in [0.717, 1.165) is 6.42 Å². The average molecular weight is 215 g/mol. The second kappa shape index (κ2) is 5.47. The molecule has 2 N–H and O–H groups in total. The summed E-state index contributed by atoms with van der Waals surface area (Å²) in [5, 5.41) is 12.6. The molecule has 1 aliphatic rings. The number of carbonyl (C=O) groups excluding carboxylic acids is 1. The van der Waals surface area contributed by atoms with Gasteiger partial charge in [-0.25, -0.2) is 0 Å². The van der Waals surface area contributed by atoms with Crippen LogP contribution in [-0.2, 0) is 9.53 Å². The van der Waals surface area contributed by atoms with Crippen molar-refractivity contribution in [3.63, 3.8) is 0 Å². The molecule has 0 aromatic heterocycles. The smallest absolute Gasteiger partial charge is 0.220 e. The van der Waals surface area contributed by atoms with Crippen LogP contribution < -0.4 is 5.32 Å². The van der Waals surface area contributed by atoms with Crippen molar-refractivity contribution in [3.05, 3.63) is 0 Å². The maximum absolute atomic E-state index is 11.4. The van der Waals surface area contributed by atoms with E-state index in [1.165, 1.54) is 0 Å². The fourth-order valence-corrected chi connectivity index (χ4v) is 1.51. The van der Waals surface area contributed by atoms with E-state index < -0.39 is 5.60 Å². The Morgan fingerprint density at radius 1 is 1.60 bits per heavy atom. The summed E-state index contributed by atoms with van der Waals surface area (Å²) in [6, 6.07) is 0. The van der Waals surface area contributed by atoms with Gasteiger partial charge in [0.15, 0.2) is 0 Å². The number of hydrogen-bond donors (Lipinski definition) is 2. The first-order chi connectivity index (χ1) is 7.02. The minimum absolute atomic E-state index is 0.0176. The highest BCUT2D eigenvalue weighted by atomic mass is 16.5. The van der Waals surface area contributed by atoms with Gasteiger partial charge in [0.2, 0.25) is 5.91 Å². The Hall–Kier alpha value is -0.610. The largest absolute Gasteiger partial charge is 0.386 e. The third kappa shape index (κ3) is 4.62. The first-order valence-electron chi connectivity index (χ1n) is 5.59. The number of rotatable bonds is 5. The van der Waals surface area contributed by atoms with Crippen LogP contribution in [0.2, 0.25) is 0 Å². The van der Waals surface area contributed by atoms with Gasteiger partial charge in [-0.1, -0.05) is 13.8 Å². The Labute approximate surface area is 91.0 Å². The molecular formula is C11H21NO3. The van der Waals surface area contributed by atoms with Crippen LogP contribution >= 0.6 is 0 Å². The van der Waals surface area contributed by atoms with Crippen molar-refractivity contribution < 1.29 is 14.6 Å². The van der Waals surface area contributed by atoms with Gasteiger partial charge in [0, 0.05) is 26.0 Å². The lowest BCUT2D eigenvalue weighted by Crippen LogP contribution is -2.43. The van der Waals surface area contributed by atoms with E-state index >= 15 is 0 Å². The lowest BCUT2D eigenvalue weighted by Gasteiger charge is -2.20. The van der Waals surface area contributed by atoms with E-state index in [-0.39, 0.29) is 5.91 Å². The minimum Gasteiger partial charge on any atom is -0.386 e. The topological polar surface area (TPSA) is 58.6 Å². The van der Waals surface area contributed by atoms with Gasteiger partial charge < -0.3 is 15.2 Å². The van der Waals surface area contributed by atoms with Gasteiger partial charge in [0.1, 0.15) is 5.60 Å². The first kappa shape index (κ1) is 12.5. The van der Waals surface area contributed by atoms with Gasteiger partial charge in [-0.2, -0.15) is 0 Å². The van der Waals surface area contributed by atoms with Crippen LogP contribution in [0.4, 0.5) is 0 Å². The van der Waals surface area contributed by atoms with Crippen molar-refractivity contribution in [1.82, 2.24) is 5.32 Å². The van der Waals surface area contributed by atoms with Crippen molar-refractivity contribution >= 4 is 5.91 Å². The second-order valence-electron chi connectivity index (χ2n) is 4.74. The second-order valence-corrected chi connectivity index (χ2v) is 4.74. The summed E-state index contributed by atoms with van der Waals surface area (Å²) in [6.07, 6.45) is 2.03. The van der Waals surface area contributed by atoms with Crippen molar-refractivity contribution in [2.45, 2.75) is 38.7 Å². The number of carbonyl (C=O) groups is 1. The summed E-state index contributed by atoms with van der Waals surface area (Å²) in [5.74, 6) is 0.553. The van der Waals surface area contributed by atoms with Gasteiger partial charge in [0.25, 0.3) is 0 Å². The molecule has 1 atom stereocenters. The molecule has 0 spiro atoms. The molecule has 1 unspecified atom stereocenters. The van der Waals surface area contributed by atoms with Crippen molar-refractivity contribution in [1.29, 1.82) is 0 Å². The number of nitrogens with one attached hydrogen (secondary N) is 1. The SMILES string of the molecule is CC(C)CCC(=O)NCC1(O)CCOC1. The summed E-state index contributed by atoms with van der Waals surface area (Å²) in [5.41, 5.74) is -0.840. The summed E-state index contributed by atoms with van der Waals surface area (Å²) in [7, 11) is 0. The summed E-state index contributed by atoms with van der Waals surface area (Å²) in [4.78, 5) is 11.4. The predicted octanol–water partition coefficient (Wildman–Crippen LogP) is 0.690. The molecule has 1 rings (SSSR count). The van der Waals surface area contributed by atoms with Crippen LogP contribution in [0.15, 0.2) is 0 Å². The summed E-state index contributed by atoms with van der Waals surface area (Å²) >= 11 is 0. The fourth-order valence-electron chi connectivity index (χ4n) is 1.51. The molecule has 1 aliphatic heterocycles. The molecule has 0 radical (unpaired) electrons. The molecular weight excluding hydrogens is 194 g/mol. The maximum atomic E-state index is 11.4. The Balaban J connectivity index is 2.16. The lowest BCUT2D eigenvalue weighted by atomic mass is 10.0. The average Bonchev–Trinajstić information content (AvgIpc) is 2.60. The van der Waals surface area contributed by atoms with E-state index in [4.69, 9.17) is 4.74 Å². The standard InChI is InChI=1S/C11H21NO3/c1-9(2)3-4-10(13)12-7-11(14)5-6-15-8-11/h9,14H,3-8H2,1-2H3,(H,12,13). The summed E-state index contributed by atoms with van der Waals surface area (Å²) in [6.45, 7) is 5.40. The van der Waals surface area contributed by atoms with E-state index in [2.05, 4.69) is 19.2 Å². The molecule has 1 fully saturated rings. The Morgan fingerprint density at radius 3 is 2.87 bits per heavy atom. The van der Waals surface area contributed by atoms with Crippen LogP contribution in [0.3, 0.4) is 0 Å². The zero-order valence-corrected chi connectivity index (χ0v) is 9.58. The highest BCUT2D eigenvalue weighted by Gasteiger charge is 2.32.